The lowest BCUT2D eigenvalue weighted by Gasteiger charge is -2.38. The van der Waals surface area contributed by atoms with Gasteiger partial charge in [0, 0.05) is 6.04 Å². The molecule has 108 valence electrons. The van der Waals surface area contributed by atoms with Gasteiger partial charge in [-0.1, -0.05) is 13.3 Å². The van der Waals surface area contributed by atoms with Gasteiger partial charge in [0.1, 0.15) is 5.54 Å². The summed E-state index contributed by atoms with van der Waals surface area (Å²) >= 11 is 0. The van der Waals surface area contributed by atoms with Crippen molar-refractivity contribution >= 4 is 0 Å². The predicted molar refractivity (Wildman–Crippen MR) is 78.9 cm³/mol. The average molecular weight is 263 g/mol. The van der Waals surface area contributed by atoms with E-state index in [1.807, 2.05) is 7.05 Å². The summed E-state index contributed by atoms with van der Waals surface area (Å²) in [5.74, 6) is 0.977. The average Bonchev–Trinajstić information content (AvgIpc) is 2.93. The maximum atomic E-state index is 9.34. The van der Waals surface area contributed by atoms with Crippen LogP contribution >= 0.6 is 0 Å². The number of likely N-dealkylation sites (tertiary alicyclic amines) is 1. The van der Waals surface area contributed by atoms with Gasteiger partial charge in [0.15, 0.2) is 0 Å². The monoisotopic (exact) mass is 263 g/mol. The predicted octanol–water partition coefficient (Wildman–Crippen LogP) is 2.92. The van der Waals surface area contributed by atoms with Crippen molar-refractivity contribution < 1.29 is 0 Å². The Morgan fingerprint density at radius 1 is 1.32 bits per heavy atom. The molecular weight excluding hydrogens is 234 g/mol. The minimum Gasteiger partial charge on any atom is -0.302 e. The highest BCUT2D eigenvalue weighted by atomic mass is 15.2. The Balaban J connectivity index is 1.80. The quantitative estimate of drug-likeness (QED) is 0.801. The van der Waals surface area contributed by atoms with Gasteiger partial charge in [0.25, 0.3) is 0 Å². The third kappa shape index (κ3) is 3.30. The van der Waals surface area contributed by atoms with Crippen LogP contribution in [0.5, 0.6) is 0 Å². The van der Waals surface area contributed by atoms with Crippen molar-refractivity contribution in [2.75, 3.05) is 20.1 Å². The second kappa shape index (κ2) is 6.72. The highest BCUT2D eigenvalue weighted by molar-refractivity contribution is 5.05. The smallest absolute Gasteiger partial charge is 0.106 e. The first-order valence-electron chi connectivity index (χ1n) is 8.09. The molecule has 0 amide bonds. The molecule has 1 N–H and O–H groups in total. The van der Waals surface area contributed by atoms with E-state index in [1.165, 1.54) is 45.2 Å². The van der Waals surface area contributed by atoms with Gasteiger partial charge in [-0.3, -0.25) is 0 Å². The first-order chi connectivity index (χ1) is 9.24. The van der Waals surface area contributed by atoms with Crippen molar-refractivity contribution in [1.82, 2.24) is 10.2 Å². The van der Waals surface area contributed by atoms with Crippen LogP contribution in [0.2, 0.25) is 0 Å². The highest BCUT2D eigenvalue weighted by Crippen LogP contribution is 2.36. The summed E-state index contributed by atoms with van der Waals surface area (Å²) in [5, 5.41) is 12.6. The zero-order valence-corrected chi connectivity index (χ0v) is 12.6. The molecule has 0 aromatic heterocycles. The van der Waals surface area contributed by atoms with Gasteiger partial charge in [-0.15, -0.1) is 0 Å². The lowest BCUT2D eigenvalue weighted by Crippen LogP contribution is -2.45. The molecule has 2 rings (SSSR count). The maximum Gasteiger partial charge on any atom is 0.106 e. The molecule has 1 aliphatic heterocycles. The van der Waals surface area contributed by atoms with Gasteiger partial charge < -0.3 is 10.2 Å². The molecular formula is C16H29N3. The first-order valence-corrected chi connectivity index (χ1v) is 8.09. The number of nitrogens with one attached hydrogen (secondary N) is 1. The molecule has 0 spiro atoms. The van der Waals surface area contributed by atoms with E-state index in [4.69, 9.17) is 0 Å². The summed E-state index contributed by atoms with van der Waals surface area (Å²) in [6.45, 7) is 4.58. The summed E-state index contributed by atoms with van der Waals surface area (Å²) < 4.78 is 0. The van der Waals surface area contributed by atoms with Gasteiger partial charge in [-0.05, 0) is 71.0 Å². The number of hydrogen-bond acceptors (Lipinski definition) is 3. The van der Waals surface area contributed by atoms with Crippen LogP contribution in [0.25, 0.3) is 0 Å². The summed E-state index contributed by atoms with van der Waals surface area (Å²) in [6.07, 6.45) is 10.1. The van der Waals surface area contributed by atoms with E-state index in [-0.39, 0.29) is 5.54 Å². The number of nitriles is 1. The second-order valence-electron chi connectivity index (χ2n) is 6.34. The van der Waals surface area contributed by atoms with Crippen LogP contribution < -0.4 is 5.32 Å². The Morgan fingerprint density at radius 2 is 2.11 bits per heavy atom. The van der Waals surface area contributed by atoms with Crippen molar-refractivity contribution in [1.29, 1.82) is 5.26 Å². The van der Waals surface area contributed by atoms with Gasteiger partial charge >= 0.3 is 0 Å². The van der Waals surface area contributed by atoms with Gasteiger partial charge in [-0.25, -0.2) is 0 Å². The van der Waals surface area contributed by atoms with Gasteiger partial charge in [0.2, 0.25) is 0 Å². The van der Waals surface area contributed by atoms with E-state index in [0.29, 0.717) is 0 Å². The number of rotatable bonds is 6. The molecule has 19 heavy (non-hydrogen) atoms. The van der Waals surface area contributed by atoms with Crippen LogP contribution in [-0.4, -0.2) is 36.6 Å². The van der Waals surface area contributed by atoms with E-state index in [2.05, 4.69) is 23.2 Å². The SMILES string of the molecule is CCC(C#N)(CCCN1CCCC2CCCC21)NC. The number of nitrogens with zero attached hydrogens (tertiary/aromatic N) is 2. The molecule has 3 heteroatoms. The number of hydrogen-bond donors (Lipinski definition) is 1. The van der Waals surface area contributed by atoms with E-state index in [0.717, 1.165) is 31.2 Å². The largest absolute Gasteiger partial charge is 0.302 e. The normalized spacial score (nSPS) is 30.6. The molecule has 1 heterocycles. The van der Waals surface area contributed by atoms with E-state index in [9.17, 15) is 5.26 Å². The summed E-state index contributed by atoms with van der Waals surface area (Å²) in [5.41, 5.74) is -0.301. The molecule has 1 aliphatic carbocycles. The Kier molecular flexibility index (Phi) is 5.24. The number of piperidine rings is 1. The molecule has 3 nitrogen and oxygen atoms in total. The van der Waals surface area contributed by atoms with E-state index in [1.54, 1.807) is 0 Å². The summed E-state index contributed by atoms with van der Waals surface area (Å²) in [7, 11) is 1.92. The second-order valence-corrected chi connectivity index (χ2v) is 6.34. The van der Waals surface area contributed by atoms with E-state index >= 15 is 0 Å². The van der Waals surface area contributed by atoms with Gasteiger partial charge in [-0.2, -0.15) is 5.26 Å². The highest BCUT2D eigenvalue weighted by Gasteiger charge is 2.35. The first kappa shape index (κ1) is 14.8. The molecule has 0 aromatic rings. The number of fused-ring (bicyclic) bond motifs is 1. The van der Waals surface area contributed by atoms with Crippen LogP contribution in [0.4, 0.5) is 0 Å². The molecule has 1 saturated heterocycles. The fourth-order valence-electron chi connectivity index (χ4n) is 4.09. The lowest BCUT2D eigenvalue weighted by atomic mass is 9.90. The zero-order chi connectivity index (χ0) is 13.7. The lowest BCUT2D eigenvalue weighted by molar-refractivity contribution is 0.109. The maximum absolute atomic E-state index is 9.34. The van der Waals surface area contributed by atoms with Crippen molar-refractivity contribution in [3.63, 3.8) is 0 Å². The third-order valence-electron chi connectivity index (χ3n) is 5.45. The van der Waals surface area contributed by atoms with Crippen molar-refractivity contribution in [3.05, 3.63) is 0 Å². The standard InChI is InChI=1S/C16H29N3/c1-3-16(13-17,18-2)10-6-12-19-11-5-8-14-7-4-9-15(14)19/h14-15,18H,3-12H2,1-2H3. The van der Waals surface area contributed by atoms with Crippen LogP contribution in [0.15, 0.2) is 0 Å². The van der Waals surface area contributed by atoms with Crippen LogP contribution in [0.1, 0.15) is 58.3 Å². The Morgan fingerprint density at radius 3 is 2.79 bits per heavy atom. The third-order valence-corrected chi connectivity index (χ3v) is 5.45. The van der Waals surface area contributed by atoms with Crippen molar-refractivity contribution in [2.45, 2.75) is 69.9 Å². The van der Waals surface area contributed by atoms with Crippen molar-refractivity contribution in [2.24, 2.45) is 5.92 Å². The minimum absolute atomic E-state index is 0.301. The topological polar surface area (TPSA) is 39.1 Å². The fraction of sp³-hybridized carbons (Fsp3) is 0.938. The van der Waals surface area contributed by atoms with Gasteiger partial charge in [0.05, 0.1) is 6.07 Å². The molecule has 3 atom stereocenters. The molecule has 0 radical (unpaired) electrons. The molecule has 0 aromatic carbocycles. The molecule has 1 saturated carbocycles. The molecule has 3 unspecified atom stereocenters. The Labute approximate surface area is 118 Å². The van der Waals surface area contributed by atoms with Crippen LogP contribution in [0, 0.1) is 17.2 Å². The molecule has 2 aliphatic rings. The van der Waals surface area contributed by atoms with E-state index < -0.39 is 0 Å². The van der Waals surface area contributed by atoms with Crippen LogP contribution in [-0.2, 0) is 0 Å². The minimum atomic E-state index is -0.301. The zero-order valence-electron chi connectivity index (χ0n) is 12.6. The fourth-order valence-corrected chi connectivity index (χ4v) is 4.09. The molecule has 0 bridgehead atoms. The summed E-state index contributed by atoms with van der Waals surface area (Å²) in [6, 6.07) is 3.33. The van der Waals surface area contributed by atoms with Crippen molar-refractivity contribution in [3.8, 4) is 6.07 Å². The summed E-state index contributed by atoms with van der Waals surface area (Å²) in [4.78, 5) is 2.72. The van der Waals surface area contributed by atoms with Crippen LogP contribution in [0.3, 0.4) is 0 Å². The Hall–Kier alpha value is -0.590. The molecule has 2 fully saturated rings. The Bertz CT molecular complexity index is 316.